The lowest BCUT2D eigenvalue weighted by Gasteiger charge is -2.15. The van der Waals surface area contributed by atoms with Crippen LogP contribution in [-0.4, -0.2) is 29.9 Å². The summed E-state index contributed by atoms with van der Waals surface area (Å²) in [4.78, 5) is 39.3. The monoisotopic (exact) mass is 531 g/mol. The predicted octanol–water partition coefficient (Wildman–Crippen LogP) is 5.56. The van der Waals surface area contributed by atoms with Crippen molar-refractivity contribution in [1.82, 2.24) is 15.6 Å². The SMILES string of the molecule is CC.CNC(=O)c1cc(Oc2ccc(NC(=O)Nc3cc(C(F)(F)F)ccc3CNC(C)=O)cc2)ccn1. The van der Waals surface area contributed by atoms with Crippen LogP contribution < -0.4 is 26.0 Å². The number of ether oxygens (including phenoxy) is 1. The topological polar surface area (TPSA) is 121 Å². The third-order valence-electron chi connectivity index (χ3n) is 4.75. The van der Waals surface area contributed by atoms with Crippen LogP contribution in [0.1, 0.15) is 42.4 Å². The first-order valence-electron chi connectivity index (χ1n) is 11.5. The predicted molar refractivity (Wildman–Crippen MR) is 137 cm³/mol. The van der Waals surface area contributed by atoms with Crippen LogP contribution in [0.3, 0.4) is 0 Å². The number of carbonyl (C=O) groups is 3. The third kappa shape index (κ3) is 8.80. The molecule has 202 valence electrons. The van der Waals surface area contributed by atoms with Gasteiger partial charge in [0.2, 0.25) is 5.91 Å². The van der Waals surface area contributed by atoms with Crippen molar-refractivity contribution in [3.63, 3.8) is 0 Å². The van der Waals surface area contributed by atoms with E-state index >= 15 is 0 Å². The van der Waals surface area contributed by atoms with E-state index in [9.17, 15) is 27.6 Å². The largest absolute Gasteiger partial charge is 0.457 e. The average molecular weight is 532 g/mol. The van der Waals surface area contributed by atoms with E-state index in [1.165, 1.54) is 44.4 Å². The molecule has 3 aromatic rings. The highest BCUT2D eigenvalue weighted by atomic mass is 19.4. The Kier molecular flexibility index (Phi) is 10.6. The number of benzene rings is 2. The Morgan fingerprint density at radius 2 is 1.61 bits per heavy atom. The van der Waals surface area contributed by atoms with Gasteiger partial charge in [-0.25, -0.2) is 4.79 Å². The highest BCUT2D eigenvalue weighted by Crippen LogP contribution is 2.32. The Morgan fingerprint density at radius 3 is 2.21 bits per heavy atom. The number of halogens is 3. The molecule has 2 aromatic carbocycles. The average Bonchev–Trinajstić information content (AvgIpc) is 2.89. The number of aromatic nitrogens is 1. The van der Waals surface area contributed by atoms with E-state index in [1.54, 1.807) is 18.2 Å². The Morgan fingerprint density at radius 1 is 0.921 bits per heavy atom. The van der Waals surface area contributed by atoms with E-state index in [2.05, 4.69) is 26.3 Å². The molecule has 3 rings (SSSR count). The van der Waals surface area contributed by atoms with Gasteiger partial charge in [0.1, 0.15) is 17.2 Å². The van der Waals surface area contributed by atoms with E-state index in [0.717, 1.165) is 12.1 Å². The van der Waals surface area contributed by atoms with Gasteiger partial charge < -0.3 is 26.0 Å². The number of nitrogens with zero attached hydrogens (tertiary/aromatic N) is 1. The van der Waals surface area contributed by atoms with Gasteiger partial charge in [0.05, 0.1) is 5.56 Å². The maximum Gasteiger partial charge on any atom is 0.416 e. The van der Waals surface area contributed by atoms with Crippen LogP contribution >= 0.6 is 0 Å². The van der Waals surface area contributed by atoms with Crippen molar-refractivity contribution in [1.29, 1.82) is 0 Å². The summed E-state index contributed by atoms with van der Waals surface area (Å²) in [5.74, 6) is 0.0417. The van der Waals surface area contributed by atoms with Gasteiger partial charge >= 0.3 is 12.2 Å². The molecule has 0 atom stereocenters. The Balaban J connectivity index is 0.00000247. The standard InChI is InChI=1S/C24H22F3N5O4.C2H6/c1-14(33)30-13-15-3-4-16(24(25,26)27)11-20(15)32-23(35)31-17-5-7-18(8-6-17)36-19-9-10-29-21(12-19)22(34)28-2;1-2/h3-12H,13H2,1-2H3,(H,28,34)(H,30,33)(H2,31,32,35);1-2H3. The number of carbonyl (C=O) groups excluding carboxylic acids is 3. The van der Waals surface area contributed by atoms with Crippen LogP contribution in [0, 0.1) is 0 Å². The molecule has 1 heterocycles. The molecule has 12 heteroatoms. The highest BCUT2D eigenvalue weighted by molar-refractivity contribution is 6.00. The normalized spacial score (nSPS) is 10.4. The van der Waals surface area contributed by atoms with Crippen molar-refractivity contribution < 1.29 is 32.3 Å². The molecular weight excluding hydrogens is 503 g/mol. The number of pyridine rings is 1. The van der Waals surface area contributed by atoms with Crippen molar-refractivity contribution in [3.05, 3.63) is 77.6 Å². The second-order valence-corrected chi connectivity index (χ2v) is 7.44. The molecular formula is C26H28F3N5O4. The molecule has 38 heavy (non-hydrogen) atoms. The van der Waals surface area contributed by atoms with Crippen LogP contribution in [0.5, 0.6) is 11.5 Å². The first-order valence-corrected chi connectivity index (χ1v) is 11.5. The summed E-state index contributed by atoms with van der Waals surface area (Å²) in [5, 5.41) is 9.88. The van der Waals surface area contributed by atoms with Gasteiger partial charge in [-0.05, 0) is 48.0 Å². The lowest BCUT2D eigenvalue weighted by molar-refractivity contribution is -0.137. The number of hydrogen-bond acceptors (Lipinski definition) is 5. The van der Waals surface area contributed by atoms with Crippen molar-refractivity contribution in [2.45, 2.75) is 33.5 Å². The lowest BCUT2D eigenvalue weighted by Crippen LogP contribution is -2.23. The van der Waals surface area contributed by atoms with Gasteiger partial charge in [-0.1, -0.05) is 19.9 Å². The summed E-state index contributed by atoms with van der Waals surface area (Å²) >= 11 is 0. The molecule has 0 aliphatic rings. The summed E-state index contributed by atoms with van der Waals surface area (Å²) in [6.07, 6.45) is -3.18. The number of amides is 4. The molecule has 4 amide bonds. The minimum Gasteiger partial charge on any atom is -0.457 e. The molecule has 0 saturated carbocycles. The number of anilines is 2. The second kappa shape index (κ2) is 13.6. The molecule has 0 fully saturated rings. The zero-order valence-electron chi connectivity index (χ0n) is 21.2. The van der Waals surface area contributed by atoms with Crippen LogP contribution in [0.4, 0.5) is 29.3 Å². The Bertz CT molecular complexity index is 1260. The van der Waals surface area contributed by atoms with Crippen molar-refractivity contribution in [2.75, 3.05) is 17.7 Å². The van der Waals surface area contributed by atoms with Gasteiger partial charge in [-0.15, -0.1) is 0 Å². The maximum atomic E-state index is 13.1. The minimum absolute atomic E-state index is 0.0637. The van der Waals surface area contributed by atoms with Gasteiger partial charge in [0.15, 0.2) is 0 Å². The number of nitrogens with one attached hydrogen (secondary N) is 4. The Hall–Kier alpha value is -4.61. The molecule has 0 bridgehead atoms. The summed E-state index contributed by atoms with van der Waals surface area (Å²) < 4.78 is 45.1. The number of alkyl halides is 3. The summed E-state index contributed by atoms with van der Waals surface area (Å²) in [6.45, 7) is 5.21. The summed E-state index contributed by atoms with van der Waals surface area (Å²) in [5.41, 5.74) is -0.221. The summed E-state index contributed by atoms with van der Waals surface area (Å²) in [6, 6.07) is 11.3. The molecule has 0 radical (unpaired) electrons. The van der Waals surface area contributed by atoms with Crippen LogP contribution in [0.2, 0.25) is 0 Å². The number of rotatable bonds is 7. The van der Waals surface area contributed by atoms with Crippen LogP contribution in [0.15, 0.2) is 60.8 Å². The van der Waals surface area contributed by atoms with E-state index in [-0.39, 0.29) is 29.7 Å². The van der Waals surface area contributed by atoms with Gasteiger partial charge in [0, 0.05) is 44.2 Å². The van der Waals surface area contributed by atoms with Crippen LogP contribution in [0.25, 0.3) is 0 Å². The molecule has 9 nitrogen and oxygen atoms in total. The van der Waals surface area contributed by atoms with E-state index in [4.69, 9.17) is 4.74 Å². The molecule has 0 aliphatic heterocycles. The fourth-order valence-corrected chi connectivity index (χ4v) is 3.00. The van der Waals surface area contributed by atoms with E-state index in [0.29, 0.717) is 22.7 Å². The fraction of sp³-hybridized carbons (Fsp3) is 0.231. The highest BCUT2D eigenvalue weighted by Gasteiger charge is 2.31. The molecule has 1 aromatic heterocycles. The minimum atomic E-state index is -4.61. The van der Waals surface area contributed by atoms with Gasteiger partial charge in [0.25, 0.3) is 5.91 Å². The Labute approximate surface area is 217 Å². The van der Waals surface area contributed by atoms with E-state index < -0.39 is 17.8 Å². The molecule has 4 N–H and O–H groups in total. The molecule has 0 aliphatic carbocycles. The third-order valence-corrected chi connectivity index (χ3v) is 4.75. The number of hydrogen-bond donors (Lipinski definition) is 4. The van der Waals surface area contributed by atoms with Crippen molar-refractivity contribution >= 4 is 29.2 Å². The quantitative estimate of drug-likeness (QED) is 0.318. The van der Waals surface area contributed by atoms with E-state index in [1.807, 2.05) is 13.8 Å². The number of urea groups is 1. The summed E-state index contributed by atoms with van der Waals surface area (Å²) in [7, 11) is 1.48. The first kappa shape index (κ1) is 29.6. The molecule has 0 unspecified atom stereocenters. The second-order valence-electron chi connectivity index (χ2n) is 7.44. The lowest BCUT2D eigenvalue weighted by atomic mass is 10.1. The van der Waals surface area contributed by atoms with Crippen molar-refractivity contribution in [3.8, 4) is 11.5 Å². The molecule has 0 saturated heterocycles. The maximum absolute atomic E-state index is 13.1. The smallest absolute Gasteiger partial charge is 0.416 e. The van der Waals surface area contributed by atoms with Gasteiger partial charge in [-0.2, -0.15) is 13.2 Å². The van der Waals surface area contributed by atoms with Crippen molar-refractivity contribution in [2.24, 2.45) is 0 Å². The zero-order valence-corrected chi connectivity index (χ0v) is 21.2. The zero-order chi connectivity index (χ0) is 28.3. The van der Waals surface area contributed by atoms with Gasteiger partial charge in [-0.3, -0.25) is 14.6 Å². The fourth-order valence-electron chi connectivity index (χ4n) is 3.00. The van der Waals surface area contributed by atoms with Crippen LogP contribution in [-0.2, 0) is 17.5 Å². The molecule has 0 spiro atoms. The first-order chi connectivity index (χ1) is 18.0.